The van der Waals surface area contributed by atoms with Gasteiger partial charge in [0.15, 0.2) is 5.96 Å². The quantitative estimate of drug-likeness (QED) is 0.390. The van der Waals surface area contributed by atoms with Crippen molar-refractivity contribution in [3.8, 4) is 0 Å². The monoisotopic (exact) mass is 460 g/mol. The summed E-state index contributed by atoms with van der Waals surface area (Å²) in [5, 5.41) is 6.88. The fraction of sp³-hybridized carbons (Fsp3) is 0.632. The number of hydrogen-bond donors (Lipinski definition) is 2. The summed E-state index contributed by atoms with van der Waals surface area (Å²) in [7, 11) is 1.82. The van der Waals surface area contributed by atoms with Gasteiger partial charge in [-0.1, -0.05) is 43.7 Å². The number of benzene rings is 1. The minimum Gasteiger partial charge on any atom is -0.379 e. The van der Waals surface area contributed by atoms with Crippen molar-refractivity contribution in [1.29, 1.82) is 0 Å². The molecule has 0 bridgehead atoms. The normalized spacial score (nSPS) is 17.1. The number of hydrogen-bond acceptors (Lipinski definition) is 3. The van der Waals surface area contributed by atoms with Gasteiger partial charge in [-0.2, -0.15) is 0 Å². The fourth-order valence-corrected chi connectivity index (χ4v) is 2.85. The summed E-state index contributed by atoms with van der Waals surface area (Å²) in [5.41, 5.74) is 2.64. The molecule has 1 unspecified atom stereocenters. The minimum atomic E-state index is 0. The summed E-state index contributed by atoms with van der Waals surface area (Å²) in [6, 6.07) is 9.18. The SMILES string of the molecule is CN=C(NCC(C)C)NCC(c1ccc(C)cc1)N1CCOCC1.I. The number of halogens is 1. The van der Waals surface area contributed by atoms with Gasteiger partial charge in [-0.05, 0) is 18.4 Å². The van der Waals surface area contributed by atoms with Crippen LogP contribution in [-0.2, 0) is 4.74 Å². The van der Waals surface area contributed by atoms with Gasteiger partial charge in [-0.15, -0.1) is 24.0 Å². The van der Waals surface area contributed by atoms with Crippen molar-refractivity contribution in [1.82, 2.24) is 15.5 Å². The van der Waals surface area contributed by atoms with Crippen LogP contribution in [0, 0.1) is 12.8 Å². The molecule has 1 saturated heterocycles. The van der Waals surface area contributed by atoms with Crippen molar-refractivity contribution < 1.29 is 4.74 Å². The highest BCUT2D eigenvalue weighted by atomic mass is 127. The van der Waals surface area contributed by atoms with Gasteiger partial charge >= 0.3 is 0 Å². The number of guanidine groups is 1. The van der Waals surface area contributed by atoms with Gasteiger partial charge in [0, 0.05) is 33.2 Å². The molecule has 6 heteroatoms. The Kier molecular flexibility index (Phi) is 10.4. The lowest BCUT2D eigenvalue weighted by atomic mass is 10.0. The average molecular weight is 460 g/mol. The molecule has 142 valence electrons. The third-order valence-electron chi connectivity index (χ3n) is 4.31. The van der Waals surface area contributed by atoms with Crippen LogP contribution in [0.3, 0.4) is 0 Å². The third kappa shape index (κ3) is 7.50. The average Bonchev–Trinajstić information content (AvgIpc) is 2.60. The Morgan fingerprint density at radius 3 is 2.28 bits per heavy atom. The van der Waals surface area contributed by atoms with Crippen LogP contribution in [0.2, 0.25) is 0 Å². The van der Waals surface area contributed by atoms with Crippen molar-refractivity contribution >= 4 is 29.9 Å². The minimum absolute atomic E-state index is 0. The zero-order valence-corrected chi connectivity index (χ0v) is 18.2. The molecular formula is C19H33IN4O. The lowest BCUT2D eigenvalue weighted by Crippen LogP contribution is -2.46. The predicted molar refractivity (Wildman–Crippen MR) is 116 cm³/mol. The molecule has 1 aromatic rings. The Balaban J connectivity index is 0.00000312. The predicted octanol–water partition coefficient (Wildman–Crippen LogP) is 2.81. The molecule has 1 aromatic carbocycles. The molecule has 0 aliphatic carbocycles. The Morgan fingerprint density at radius 2 is 1.72 bits per heavy atom. The number of ether oxygens (including phenoxy) is 1. The van der Waals surface area contributed by atoms with Gasteiger partial charge < -0.3 is 15.4 Å². The molecule has 2 rings (SSSR count). The summed E-state index contributed by atoms with van der Waals surface area (Å²) in [4.78, 5) is 6.83. The number of aryl methyl sites for hydroxylation is 1. The standard InChI is InChI=1S/C19H32N4O.HI/c1-15(2)13-21-19(20-4)22-14-18(23-9-11-24-12-10-23)17-7-5-16(3)6-8-17;/h5-8,15,18H,9-14H2,1-4H3,(H2,20,21,22);1H. The zero-order valence-electron chi connectivity index (χ0n) is 15.9. The highest BCUT2D eigenvalue weighted by molar-refractivity contribution is 14.0. The molecule has 0 radical (unpaired) electrons. The van der Waals surface area contributed by atoms with Crippen LogP contribution in [0.25, 0.3) is 0 Å². The maximum absolute atomic E-state index is 5.52. The fourth-order valence-electron chi connectivity index (χ4n) is 2.85. The van der Waals surface area contributed by atoms with E-state index >= 15 is 0 Å². The van der Waals surface area contributed by atoms with Gasteiger partial charge in [0.2, 0.25) is 0 Å². The Bertz CT molecular complexity index is 513. The lowest BCUT2D eigenvalue weighted by Gasteiger charge is -2.35. The summed E-state index contributed by atoms with van der Waals surface area (Å²) in [5.74, 6) is 1.46. The topological polar surface area (TPSA) is 48.9 Å². The van der Waals surface area contributed by atoms with Crippen molar-refractivity contribution in [3.63, 3.8) is 0 Å². The molecule has 1 fully saturated rings. The van der Waals surface area contributed by atoms with Crippen LogP contribution >= 0.6 is 24.0 Å². The second kappa shape index (κ2) is 11.7. The van der Waals surface area contributed by atoms with Gasteiger partial charge in [-0.3, -0.25) is 9.89 Å². The molecule has 0 amide bonds. The van der Waals surface area contributed by atoms with Crippen molar-refractivity contribution in [3.05, 3.63) is 35.4 Å². The van der Waals surface area contributed by atoms with E-state index in [1.807, 2.05) is 7.05 Å². The van der Waals surface area contributed by atoms with Gasteiger partial charge in [0.1, 0.15) is 0 Å². The van der Waals surface area contributed by atoms with Crippen molar-refractivity contribution in [2.24, 2.45) is 10.9 Å². The van der Waals surface area contributed by atoms with Crippen molar-refractivity contribution in [2.45, 2.75) is 26.8 Å². The van der Waals surface area contributed by atoms with E-state index < -0.39 is 0 Å². The number of nitrogens with one attached hydrogen (secondary N) is 2. The summed E-state index contributed by atoms with van der Waals surface area (Å²) >= 11 is 0. The molecule has 1 aliphatic rings. The van der Waals surface area contributed by atoms with E-state index in [1.54, 1.807) is 0 Å². The summed E-state index contributed by atoms with van der Waals surface area (Å²) < 4.78 is 5.52. The molecular weight excluding hydrogens is 427 g/mol. The third-order valence-corrected chi connectivity index (χ3v) is 4.31. The van der Waals surface area contributed by atoms with Crippen LogP contribution in [-0.4, -0.2) is 57.3 Å². The number of morpholine rings is 1. The number of rotatable bonds is 6. The van der Waals surface area contributed by atoms with Gasteiger partial charge in [-0.25, -0.2) is 0 Å². The molecule has 25 heavy (non-hydrogen) atoms. The molecule has 0 saturated carbocycles. The first-order valence-electron chi connectivity index (χ1n) is 8.93. The van der Waals surface area contributed by atoms with E-state index in [2.05, 4.69) is 65.6 Å². The molecule has 5 nitrogen and oxygen atoms in total. The van der Waals surface area contributed by atoms with Crippen LogP contribution in [0.4, 0.5) is 0 Å². The Labute approximate surface area is 169 Å². The van der Waals surface area contributed by atoms with E-state index in [0.717, 1.165) is 45.4 Å². The summed E-state index contributed by atoms with van der Waals surface area (Å²) in [6.45, 7) is 11.8. The maximum Gasteiger partial charge on any atom is 0.191 e. The highest BCUT2D eigenvalue weighted by Crippen LogP contribution is 2.21. The maximum atomic E-state index is 5.52. The molecule has 2 N–H and O–H groups in total. The second-order valence-electron chi connectivity index (χ2n) is 6.80. The van der Waals surface area contributed by atoms with E-state index in [4.69, 9.17) is 4.74 Å². The first kappa shape index (κ1) is 22.2. The van der Waals surface area contributed by atoms with Gasteiger partial charge in [0.25, 0.3) is 0 Å². The Hall–Kier alpha value is -0.860. The van der Waals surface area contributed by atoms with Gasteiger partial charge in [0.05, 0.1) is 19.3 Å². The number of nitrogens with zero attached hydrogens (tertiary/aromatic N) is 2. The first-order valence-corrected chi connectivity index (χ1v) is 8.93. The Morgan fingerprint density at radius 1 is 1.12 bits per heavy atom. The van der Waals surface area contributed by atoms with Crippen molar-refractivity contribution in [2.75, 3.05) is 46.4 Å². The number of aliphatic imine (C=N–C) groups is 1. The lowest BCUT2D eigenvalue weighted by molar-refractivity contribution is 0.0170. The zero-order chi connectivity index (χ0) is 17.4. The molecule has 1 atom stereocenters. The first-order chi connectivity index (χ1) is 11.6. The molecule has 0 aromatic heterocycles. The van der Waals surface area contributed by atoms with E-state index in [0.29, 0.717) is 12.0 Å². The largest absolute Gasteiger partial charge is 0.379 e. The van der Waals surface area contributed by atoms with E-state index in [-0.39, 0.29) is 24.0 Å². The van der Waals surface area contributed by atoms with Crippen LogP contribution in [0.15, 0.2) is 29.3 Å². The van der Waals surface area contributed by atoms with E-state index in [1.165, 1.54) is 11.1 Å². The van der Waals surface area contributed by atoms with Crippen LogP contribution in [0.5, 0.6) is 0 Å². The summed E-state index contributed by atoms with van der Waals surface area (Å²) in [6.07, 6.45) is 0. The second-order valence-corrected chi connectivity index (χ2v) is 6.80. The highest BCUT2D eigenvalue weighted by Gasteiger charge is 2.22. The van der Waals surface area contributed by atoms with Crippen LogP contribution in [0.1, 0.15) is 31.0 Å². The molecule has 0 spiro atoms. The van der Waals surface area contributed by atoms with E-state index in [9.17, 15) is 0 Å². The smallest absolute Gasteiger partial charge is 0.191 e. The molecule has 1 heterocycles. The van der Waals surface area contributed by atoms with Crippen LogP contribution < -0.4 is 10.6 Å². The molecule has 1 aliphatic heterocycles.